The van der Waals surface area contributed by atoms with Gasteiger partial charge in [-0.25, -0.2) is 25.3 Å². The van der Waals surface area contributed by atoms with Gasteiger partial charge in [0.05, 0.1) is 31.8 Å². The minimum absolute atomic E-state index is 0.0474. The maximum absolute atomic E-state index is 14.0. The van der Waals surface area contributed by atoms with Crippen LogP contribution in [0.3, 0.4) is 0 Å². The smallest absolute Gasteiger partial charge is 0.185 e. The van der Waals surface area contributed by atoms with E-state index < -0.39 is 40.0 Å². The van der Waals surface area contributed by atoms with Crippen LogP contribution in [0, 0.1) is 10.8 Å². The van der Waals surface area contributed by atoms with E-state index in [2.05, 4.69) is 53.7 Å². The van der Waals surface area contributed by atoms with Crippen LogP contribution in [-0.4, -0.2) is 47.3 Å². The third-order valence-corrected chi connectivity index (χ3v) is 17.8. The lowest BCUT2D eigenvalue weighted by Gasteiger charge is -2.33. The second-order valence-corrected chi connectivity index (χ2v) is 25.2. The molecule has 2 atom stereocenters. The molecule has 0 N–H and O–H groups in total. The summed E-state index contributed by atoms with van der Waals surface area (Å²) in [4.78, 5) is 0.436. The van der Waals surface area contributed by atoms with E-state index in [1.807, 2.05) is 26.0 Å². The average molecular weight is 887 g/mol. The van der Waals surface area contributed by atoms with Gasteiger partial charge in [0.15, 0.2) is 29.5 Å². The molecule has 332 valence electrons. The van der Waals surface area contributed by atoms with E-state index in [9.17, 15) is 25.3 Å². The fourth-order valence-electron chi connectivity index (χ4n) is 8.64. The summed E-state index contributed by atoms with van der Waals surface area (Å²) < 4.78 is 83.0. The lowest BCUT2D eigenvalue weighted by molar-refractivity contribution is 0.376. The number of allylic oxidation sites excluding steroid dienone is 12. The van der Waals surface area contributed by atoms with E-state index in [1.54, 1.807) is 98.8 Å². The molecule has 0 spiro atoms. The molecule has 0 aliphatic heterocycles. The second-order valence-electron chi connectivity index (χ2n) is 18.7. The van der Waals surface area contributed by atoms with E-state index in [0.29, 0.717) is 11.1 Å². The van der Waals surface area contributed by atoms with Crippen LogP contribution in [0.4, 0.5) is 0 Å². The first-order valence-electron chi connectivity index (χ1n) is 21.7. The predicted molar refractivity (Wildman–Crippen MR) is 257 cm³/mol. The van der Waals surface area contributed by atoms with Gasteiger partial charge in [0.2, 0.25) is 0 Å². The molecule has 6 nitrogen and oxygen atoms in total. The number of hydrogen-bond donors (Lipinski definition) is 0. The van der Waals surface area contributed by atoms with Crippen molar-refractivity contribution in [2.45, 2.75) is 141 Å². The second kappa shape index (κ2) is 21.1. The zero-order valence-electron chi connectivity index (χ0n) is 38.3. The molecular weight excluding hydrogens is 817 g/mol. The molecule has 0 fully saturated rings. The van der Waals surface area contributed by atoms with Gasteiger partial charge >= 0.3 is 0 Å². The maximum atomic E-state index is 14.0. The first kappa shape index (κ1) is 49.9. The maximum Gasteiger partial charge on any atom is 0.185 e. The summed E-state index contributed by atoms with van der Waals surface area (Å²) in [5.74, 6) is -0.542. The highest BCUT2D eigenvalue weighted by Crippen LogP contribution is 2.42. The Morgan fingerprint density at radius 1 is 0.574 bits per heavy atom. The highest BCUT2D eigenvalue weighted by atomic mass is 32.2. The van der Waals surface area contributed by atoms with Crippen molar-refractivity contribution in [1.82, 2.24) is 0 Å². The van der Waals surface area contributed by atoms with Crippen molar-refractivity contribution >= 4 is 29.5 Å². The predicted octanol–water partition coefficient (Wildman–Crippen LogP) is 12.8. The monoisotopic (exact) mass is 886 g/mol. The lowest BCUT2D eigenvalue weighted by Crippen LogP contribution is -2.21. The Morgan fingerprint density at radius 2 is 0.918 bits per heavy atom. The van der Waals surface area contributed by atoms with E-state index in [4.69, 9.17) is 0 Å². The topological polar surface area (TPSA) is 102 Å². The van der Waals surface area contributed by atoms with E-state index in [1.165, 1.54) is 22.3 Å². The van der Waals surface area contributed by atoms with E-state index >= 15 is 0 Å². The molecule has 4 rings (SSSR count). The van der Waals surface area contributed by atoms with Crippen LogP contribution in [0.25, 0.3) is 0 Å². The van der Waals surface area contributed by atoms with Gasteiger partial charge in [0.25, 0.3) is 0 Å². The summed E-state index contributed by atoms with van der Waals surface area (Å²) in [5, 5.41) is -1.81. The van der Waals surface area contributed by atoms with Crippen LogP contribution in [0.2, 0.25) is 0 Å². The molecule has 2 aromatic carbocycles. The third kappa shape index (κ3) is 14.1. The minimum atomic E-state index is -3.80. The minimum Gasteiger partial charge on any atom is -0.228 e. The molecule has 2 aromatic rings. The molecule has 2 aliphatic carbocycles. The zero-order valence-corrected chi connectivity index (χ0v) is 40.7. The molecule has 0 aromatic heterocycles. The average Bonchev–Trinajstić information content (AvgIpc) is 3.18. The van der Waals surface area contributed by atoms with Crippen LogP contribution in [0.5, 0.6) is 0 Å². The molecular formula is C52H70O6S3. The van der Waals surface area contributed by atoms with Crippen molar-refractivity contribution in [1.29, 1.82) is 0 Å². The zero-order chi connectivity index (χ0) is 45.2. The lowest BCUT2D eigenvalue weighted by atomic mass is 9.72. The fraction of sp³-hybridized carbons (Fsp3) is 0.462. The van der Waals surface area contributed by atoms with Crippen LogP contribution in [-0.2, 0) is 29.5 Å². The summed E-state index contributed by atoms with van der Waals surface area (Å²) in [7, 11) is -11.2. The molecule has 0 heterocycles. The first-order chi connectivity index (χ1) is 28.4. The number of benzene rings is 2. The molecule has 0 bridgehead atoms. The van der Waals surface area contributed by atoms with Gasteiger partial charge in [-0.15, -0.1) is 0 Å². The number of rotatable bonds is 18. The van der Waals surface area contributed by atoms with Crippen molar-refractivity contribution in [3.05, 3.63) is 154 Å². The van der Waals surface area contributed by atoms with Crippen LogP contribution in [0.15, 0.2) is 164 Å². The Hall–Kier alpha value is -3.79. The molecule has 61 heavy (non-hydrogen) atoms. The van der Waals surface area contributed by atoms with Gasteiger partial charge in [-0.2, -0.15) is 0 Å². The molecule has 0 amide bonds. The van der Waals surface area contributed by atoms with Crippen LogP contribution >= 0.6 is 0 Å². The number of sulfone groups is 3. The van der Waals surface area contributed by atoms with E-state index in [-0.39, 0.29) is 45.0 Å². The summed E-state index contributed by atoms with van der Waals surface area (Å²) in [6, 6.07) is 16.8. The van der Waals surface area contributed by atoms with Crippen molar-refractivity contribution in [3.8, 4) is 0 Å². The van der Waals surface area contributed by atoms with Crippen molar-refractivity contribution in [2.75, 3.05) is 11.5 Å². The molecule has 0 saturated carbocycles. The molecule has 0 saturated heterocycles. The van der Waals surface area contributed by atoms with Crippen molar-refractivity contribution in [3.63, 3.8) is 0 Å². The Bertz CT molecular complexity index is 2290. The number of hydrogen-bond acceptors (Lipinski definition) is 6. The SMILES string of the molecule is CC1=C(/C=C/C(C)=C/C(C/C(C)=C/CS(=O)(=O)C/C=C(\C)CC(/C=C(C)/C=C/C2=C(C)CCCC2(C)C)S(=O)(=O)c2ccccc2)S(=O)(=O)c2ccccc2)C(C)(C)CCC1. The third-order valence-electron chi connectivity index (χ3n) is 12.4. The summed E-state index contributed by atoms with van der Waals surface area (Å²) >= 11 is 0. The Balaban J connectivity index is 1.55. The summed E-state index contributed by atoms with van der Waals surface area (Å²) in [6.07, 6.45) is 21.9. The molecule has 9 heteroatoms. The van der Waals surface area contributed by atoms with Crippen LogP contribution in [0.1, 0.15) is 121 Å². The Morgan fingerprint density at radius 3 is 1.25 bits per heavy atom. The molecule has 2 unspecified atom stereocenters. The fourth-order valence-corrected chi connectivity index (χ4v) is 13.4. The Kier molecular flexibility index (Phi) is 17.2. The quantitative estimate of drug-likeness (QED) is 0.109. The van der Waals surface area contributed by atoms with Crippen molar-refractivity contribution in [2.24, 2.45) is 10.8 Å². The van der Waals surface area contributed by atoms with Gasteiger partial charge in [0.1, 0.15) is 0 Å². The van der Waals surface area contributed by atoms with E-state index in [0.717, 1.165) is 49.7 Å². The van der Waals surface area contributed by atoms with Crippen LogP contribution < -0.4 is 0 Å². The molecule has 0 radical (unpaired) electrons. The van der Waals surface area contributed by atoms with Crippen molar-refractivity contribution < 1.29 is 25.3 Å². The van der Waals surface area contributed by atoms with Gasteiger partial charge in [-0.05, 0) is 139 Å². The molecule has 2 aliphatic rings. The van der Waals surface area contributed by atoms with Gasteiger partial charge < -0.3 is 0 Å². The normalized spacial score (nSPS) is 19.8. The standard InChI is InChI=1S/C52H70O6S3/c1-39(25-27-49-43(5)19-17-31-51(49,7)8)35-47(60(55,56)45-21-13-11-14-22-45)37-41(3)29-33-59(53,54)34-30-42(4)38-48(61(57,58)46-23-15-12-16-24-46)36-40(2)26-28-50-44(6)20-18-32-52(50,9)10/h11-16,21-30,35-36,47-48H,17-20,31-34,37-38H2,1-10H3/b27-25+,28-26+,39-35+,40-36+,41-29+,42-30+. The Labute approximate surface area is 369 Å². The van der Waals surface area contributed by atoms with Gasteiger partial charge in [-0.1, -0.05) is 146 Å². The largest absolute Gasteiger partial charge is 0.228 e. The summed E-state index contributed by atoms with van der Waals surface area (Å²) in [5.41, 5.74) is 8.34. The summed E-state index contributed by atoms with van der Waals surface area (Å²) in [6.45, 7) is 20.7. The first-order valence-corrected chi connectivity index (χ1v) is 26.6. The van der Waals surface area contributed by atoms with Gasteiger partial charge in [-0.3, -0.25) is 0 Å². The highest BCUT2D eigenvalue weighted by molar-refractivity contribution is 7.92. The van der Waals surface area contributed by atoms with Gasteiger partial charge in [0, 0.05) is 0 Å². The highest BCUT2D eigenvalue weighted by Gasteiger charge is 2.30.